The summed E-state index contributed by atoms with van der Waals surface area (Å²) in [7, 11) is 3.36. The number of ether oxygens (including phenoxy) is 2. The van der Waals surface area contributed by atoms with Gasteiger partial charge in [0.05, 0.1) is 25.9 Å². The fraction of sp³-hybridized carbons (Fsp3) is 0.550. The van der Waals surface area contributed by atoms with E-state index in [1.54, 1.807) is 14.2 Å². The summed E-state index contributed by atoms with van der Waals surface area (Å²) >= 11 is 0. The topological polar surface area (TPSA) is 59.0 Å². The van der Waals surface area contributed by atoms with Crippen molar-refractivity contribution >= 4 is 5.78 Å². The third-order valence-electron chi connectivity index (χ3n) is 6.27. The molecule has 4 atom stereocenters. The largest absolute Gasteiger partial charge is 0.499 e. The van der Waals surface area contributed by atoms with Crippen LogP contribution in [0.15, 0.2) is 36.1 Å². The summed E-state index contributed by atoms with van der Waals surface area (Å²) in [5.74, 6) is 1.70. The lowest BCUT2D eigenvalue weighted by Crippen LogP contribution is -2.66. The molecular formula is C20H25NO4. The Morgan fingerprint density at radius 3 is 2.68 bits per heavy atom. The van der Waals surface area contributed by atoms with Crippen molar-refractivity contribution in [1.82, 2.24) is 4.90 Å². The Kier molecular flexibility index (Phi) is 4.08. The van der Waals surface area contributed by atoms with E-state index in [-0.39, 0.29) is 23.3 Å². The minimum Gasteiger partial charge on any atom is -0.499 e. The second-order valence-corrected chi connectivity index (χ2v) is 7.34. The highest BCUT2D eigenvalue weighted by molar-refractivity contribution is 5.83. The van der Waals surface area contributed by atoms with E-state index in [1.807, 2.05) is 24.3 Å². The number of fused-ring (bicyclic) bond motifs is 1. The van der Waals surface area contributed by atoms with Gasteiger partial charge in [0.1, 0.15) is 17.3 Å². The molecule has 1 N–H and O–H groups in total. The second-order valence-electron chi connectivity index (χ2n) is 7.34. The maximum Gasteiger partial charge on any atom is 0.138 e. The van der Waals surface area contributed by atoms with E-state index in [1.165, 1.54) is 0 Å². The van der Waals surface area contributed by atoms with Crippen LogP contribution in [0.1, 0.15) is 24.8 Å². The summed E-state index contributed by atoms with van der Waals surface area (Å²) in [5.41, 5.74) is 0.919. The minimum atomic E-state index is -0.632. The molecule has 2 bridgehead atoms. The number of ketones is 1. The first kappa shape index (κ1) is 16.6. The van der Waals surface area contributed by atoms with Crippen LogP contribution < -0.4 is 4.74 Å². The van der Waals surface area contributed by atoms with E-state index < -0.39 is 6.10 Å². The molecule has 5 nitrogen and oxygen atoms in total. The molecule has 1 aliphatic carbocycles. The van der Waals surface area contributed by atoms with Gasteiger partial charge in [-0.25, -0.2) is 0 Å². The molecule has 0 radical (unpaired) electrons. The highest BCUT2D eigenvalue weighted by Crippen LogP contribution is 2.50. The summed E-state index contributed by atoms with van der Waals surface area (Å²) in [6.45, 7) is 0.766. The number of carbonyl (C=O) groups excluding carboxylic acids is 1. The van der Waals surface area contributed by atoms with Gasteiger partial charge in [-0.15, -0.1) is 0 Å². The quantitative estimate of drug-likeness (QED) is 0.905. The molecular weight excluding hydrogens is 318 g/mol. The van der Waals surface area contributed by atoms with E-state index in [0.29, 0.717) is 19.3 Å². The first-order valence-electron chi connectivity index (χ1n) is 8.94. The third-order valence-corrected chi connectivity index (χ3v) is 6.27. The molecule has 1 saturated heterocycles. The molecule has 3 aliphatic rings. The molecule has 2 aliphatic heterocycles. The Morgan fingerprint density at radius 1 is 1.24 bits per heavy atom. The first-order chi connectivity index (χ1) is 12.1. The van der Waals surface area contributed by atoms with Crippen molar-refractivity contribution in [3.8, 4) is 5.75 Å². The van der Waals surface area contributed by atoms with Gasteiger partial charge in [0.15, 0.2) is 0 Å². The summed E-state index contributed by atoms with van der Waals surface area (Å²) < 4.78 is 10.9. The number of nitrogens with zero attached hydrogens (tertiary/aromatic N) is 1. The average molecular weight is 343 g/mol. The van der Waals surface area contributed by atoms with Crippen molar-refractivity contribution in [2.75, 3.05) is 20.8 Å². The lowest BCUT2D eigenvalue weighted by Gasteiger charge is -2.55. The number of aliphatic hydroxyl groups is 1. The smallest absolute Gasteiger partial charge is 0.138 e. The summed E-state index contributed by atoms with van der Waals surface area (Å²) in [5, 5.41) is 11.0. The SMILES string of the molecule is COC1=CCN2[C@@H](Cc3ccc(OC)cc3)[C@@H](O)C3CC12CCC3=O. The van der Waals surface area contributed by atoms with Gasteiger partial charge in [-0.2, -0.15) is 0 Å². The standard InChI is InChI=1S/C20H25NO4/c1-24-14-5-3-13(4-6-14)11-16-19(23)15-12-20(9-7-17(15)22)18(25-2)8-10-21(16)20/h3-6,8,15-16,19,23H,7,9-12H2,1-2H3/t15?,16-,19-,20?/m0/s1. The van der Waals surface area contributed by atoms with Crippen LogP contribution in [0.3, 0.4) is 0 Å². The van der Waals surface area contributed by atoms with Gasteiger partial charge < -0.3 is 14.6 Å². The average Bonchev–Trinajstić information content (AvgIpc) is 2.99. The molecule has 25 heavy (non-hydrogen) atoms. The Bertz CT molecular complexity index is 698. The maximum atomic E-state index is 12.4. The molecule has 0 amide bonds. The fourth-order valence-electron chi connectivity index (χ4n) is 4.99. The van der Waals surface area contributed by atoms with Crippen LogP contribution in [0, 0.1) is 5.92 Å². The van der Waals surface area contributed by atoms with Crippen molar-refractivity contribution in [3.63, 3.8) is 0 Å². The van der Waals surface area contributed by atoms with E-state index in [4.69, 9.17) is 9.47 Å². The first-order valence-corrected chi connectivity index (χ1v) is 8.94. The Morgan fingerprint density at radius 2 is 2.00 bits per heavy atom. The normalized spacial score (nSPS) is 34.4. The van der Waals surface area contributed by atoms with Gasteiger partial charge in [-0.1, -0.05) is 12.1 Å². The fourth-order valence-corrected chi connectivity index (χ4v) is 4.99. The highest BCUT2D eigenvalue weighted by Gasteiger charge is 2.59. The molecule has 1 saturated carbocycles. The maximum absolute atomic E-state index is 12.4. The van der Waals surface area contributed by atoms with Crippen LogP contribution in [0.25, 0.3) is 0 Å². The van der Waals surface area contributed by atoms with Crippen LogP contribution in [0.4, 0.5) is 0 Å². The number of methoxy groups -OCH3 is 2. The molecule has 134 valence electrons. The van der Waals surface area contributed by atoms with Crippen molar-refractivity contribution in [1.29, 1.82) is 0 Å². The number of carbonyl (C=O) groups is 1. The predicted octanol–water partition coefficient (Wildman–Crippen LogP) is 1.93. The van der Waals surface area contributed by atoms with E-state index in [9.17, 15) is 9.90 Å². The monoisotopic (exact) mass is 343 g/mol. The molecule has 2 unspecified atom stereocenters. The minimum absolute atomic E-state index is 0.0831. The van der Waals surface area contributed by atoms with E-state index in [2.05, 4.69) is 11.0 Å². The van der Waals surface area contributed by atoms with Crippen LogP contribution in [0.5, 0.6) is 5.75 Å². The number of rotatable bonds is 4. The summed E-state index contributed by atoms with van der Waals surface area (Å²) in [6.07, 6.45) is 4.17. The zero-order valence-electron chi connectivity index (χ0n) is 14.8. The Hall–Kier alpha value is -1.85. The van der Waals surface area contributed by atoms with E-state index in [0.717, 1.165) is 30.0 Å². The molecule has 0 aromatic heterocycles. The number of aliphatic hydroxyl groups excluding tert-OH is 1. The van der Waals surface area contributed by atoms with Gasteiger partial charge in [-0.3, -0.25) is 9.69 Å². The van der Waals surface area contributed by atoms with Gasteiger partial charge in [0.25, 0.3) is 0 Å². The summed E-state index contributed by atoms with van der Waals surface area (Å²) in [4.78, 5) is 14.8. The molecule has 1 aromatic carbocycles. The highest BCUT2D eigenvalue weighted by atomic mass is 16.5. The zero-order chi connectivity index (χ0) is 17.6. The van der Waals surface area contributed by atoms with Gasteiger partial charge in [-0.05, 0) is 43.0 Å². The Labute approximate surface area is 148 Å². The lowest BCUT2D eigenvalue weighted by atomic mass is 9.66. The molecule has 2 heterocycles. The van der Waals surface area contributed by atoms with Crippen molar-refractivity contribution in [2.45, 2.75) is 43.4 Å². The van der Waals surface area contributed by atoms with E-state index >= 15 is 0 Å². The van der Waals surface area contributed by atoms with Crippen molar-refractivity contribution in [2.24, 2.45) is 5.92 Å². The lowest BCUT2D eigenvalue weighted by molar-refractivity contribution is -0.150. The molecule has 1 aromatic rings. The molecule has 1 spiro atoms. The molecule has 5 heteroatoms. The molecule has 2 fully saturated rings. The number of Topliss-reactive ketones (excluding diaryl/α,β-unsaturated/α-hetero) is 1. The van der Waals surface area contributed by atoms with Gasteiger partial charge in [0, 0.05) is 24.9 Å². The van der Waals surface area contributed by atoms with Gasteiger partial charge >= 0.3 is 0 Å². The number of hydrogen-bond donors (Lipinski definition) is 1. The van der Waals surface area contributed by atoms with Crippen LogP contribution in [-0.2, 0) is 16.0 Å². The predicted molar refractivity (Wildman–Crippen MR) is 93.4 cm³/mol. The Balaban J connectivity index is 1.65. The zero-order valence-corrected chi connectivity index (χ0v) is 14.8. The number of hydrogen-bond acceptors (Lipinski definition) is 5. The van der Waals surface area contributed by atoms with Crippen LogP contribution >= 0.6 is 0 Å². The number of benzene rings is 1. The molecule has 4 rings (SSSR count). The number of piperidine rings is 1. The summed E-state index contributed by atoms with van der Waals surface area (Å²) in [6, 6.07) is 7.86. The van der Waals surface area contributed by atoms with Crippen molar-refractivity contribution in [3.05, 3.63) is 41.7 Å². The van der Waals surface area contributed by atoms with Crippen molar-refractivity contribution < 1.29 is 19.4 Å². The van der Waals surface area contributed by atoms with Crippen LogP contribution in [0.2, 0.25) is 0 Å². The van der Waals surface area contributed by atoms with Gasteiger partial charge in [0.2, 0.25) is 0 Å². The van der Waals surface area contributed by atoms with Crippen LogP contribution in [-0.4, -0.2) is 54.2 Å². The third kappa shape index (κ3) is 2.49. The second kappa shape index (κ2) is 6.15.